The van der Waals surface area contributed by atoms with Gasteiger partial charge < -0.3 is 15.2 Å². The van der Waals surface area contributed by atoms with E-state index in [1.807, 2.05) is 78.9 Å². The van der Waals surface area contributed by atoms with Crippen molar-refractivity contribution < 1.29 is 9.47 Å². The summed E-state index contributed by atoms with van der Waals surface area (Å²) in [7, 11) is 1.61. The second-order valence-electron chi connectivity index (χ2n) is 6.46. The van der Waals surface area contributed by atoms with Gasteiger partial charge in [-0.25, -0.2) is 0 Å². The number of amidine groups is 1. The monoisotopic (exact) mass is 431 g/mol. The molecule has 0 aromatic heterocycles. The van der Waals surface area contributed by atoms with Gasteiger partial charge in [0.25, 0.3) is 0 Å². The molecule has 3 aromatic carbocycles. The number of rotatable bonds is 9. The van der Waals surface area contributed by atoms with Gasteiger partial charge in [0.2, 0.25) is 0 Å². The fourth-order valence-corrected chi connectivity index (χ4v) is 3.35. The molecule has 0 saturated carbocycles. The summed E-state index contributed by atoms with van der Waals surface area (Å²) in [6.07, 6.45) is 5.59. The predicted molar refractivity (Wildman–Crippen MR) is 131 cm³/mol. The minimum atomic E-state index is 0.397. The molecule has 0 aliphatic heterocycles. The normalized spacial score (nSPS) is 11.8. The summed E-state index contributed by atoms with van der Waals surface area (Å²) >= 11 is 1.44. The molecule has 31 heavy (non-hydrogen) atoms. The van der Waals surface area contributed by atoms with Crippen molar-refractivity contribution in [1.29, 1.82) is 0 Å². The molecule has 158 valence electrons. The van der Waals surface area contributed by atoms with Crippen LogP contribution in [0.25, 0.3) is 6.08 Å². The van der Waals surface area contributed by atoms with E-state index >= 15 is 0 Å². The van der Waals surface area contributed by atoms with Gasteiger partial charge in [-0.1, -0.05) is 84.6 Å². The van der Waals surface area contributed by atoms with Gasteiger partial charge in [0.15, 0.2) is 16.7 Å². The first-order valence-electron chi connectivity index (χ1n) is 9.81. The molecule has 0 atom stereocenters. The standard InChI is InChI=1S/C25H25N3O2S/c1-29-23-16-8-15-22(24(23)30-17-9-14-20-10-4-2-5-11-20)18-27-28-25(26)31-19-21-12-6-3-7-13-21/h2-16,18H,17,19H2,1H3,(H2,26,28). The number of hydrogen-bond acceptors (Lipinski definition) is 5. The molecule has 0 aliphatic carbocycles. The maximum absolute atomic E-state index is 5.97. The van der Waals surface area contributed by atoms with E-state index in [4.69, 9.17) is 15.2 Å². The van der Waals surface area contributed by atoms with Crippen molar-refractivity contribution in [3.8, 4) is 11.5 Å². The highest BCUT2D eigenvalue weighted by atomic mass is 32.2. The van der Waals surface area contributed by atoms with E-state index < -0.39 is 0 Å². The Bertz CT molecular complexity index is 1040. The Morgan fingerprint density at radius 1 is 0.968 bits per heavy atom. The summed E-state index contributed by atoms with van der Waals surface area (Å²) in [6, 6.07) is 25.8. The molecule has 0 unspecified atom stereocenters. The molecule has 3 rings (SSSR count). The van der Waals surface area contributed by atoms with E-state index in [1.54, 1.807) is 13.3 Å². The third-order valence-electron chi connectivity index (χ3n) is 4.25. The summed E-state index contributed by atoms with van der Waals surface area (Å²) in [4.78, 5) is 0. The molecule has 2 N–H and O–H groups in total. The topological polar surface area (TPSA) is 69.2 Å². The first-order valence-corrected chi connectivity index (χ1v) is 10.8. The van der Waals surface area contributed by atoms with Crippen molar-refractivity contribution in [2.45, 2.75) is 5.75 Å². The number of methoxy groups -OCH3 is 1. The Morgan fingerprint density at radius 2 is 1.71 bits per heavy atom. The van der Waals surface area contributed by atoms with Crippen LogP contribution in [-0.4, -0.2) is 25.1 Å². The van der Waals surface area contributed by atoms with E-state index in [0.29, 0.717) is 23.3 Å². The summed E-state index contributed by atoms with van der Waals surface area (Å²) in [6.45, 7) is 0.397. The Kier molecular flexibility index (Phi) is 8.76. The van der Waals surface area contributed by atoms with E-state index in [2.05, 4.69) is 22.3 Å². The molecule has 0 amide bonds. The number of para-hydroxylation sites is 1. The van der Waals surface area contributed by atoms with E-state index in [9.17, 15) is 0 Å². The number of thioether (sulfide) groups is 1. The van der Waals surface area contributed by atoms with Gasteiger partial charge in [-0.15, -0.1) is 5.10 Å². The molecular formula is C25H25N3O2S. The molecule has 3 aromatic rings. The molecule has 5 nitrogen and oxygen atoms in total. The fraction of sp³-hybridized carbons (Fsp3) is 0.120. The van der Waals surface area contributed by atoms with Crippen molar-refractivity contribution in [2.75, 3.05) is 13.7 Å². The summed E-state index contributed by atoms with van der Waals surface area (Å²) in [5, 5.41) is 8.61. The zero-order chi connectivity index (χ0) is 21.7. The zero-order valence-electron chi connectivity index (χ0n) is 17.3. The highest BCUT2D eigenvalue weighted by Gasteiger charge is 2.08. The lowest BCUT2D eigenvalue weighted by Crippen LogP contribution is -2.06. The van der Waals surface area contributed by atoms with Gasteiger partial charge in [0, 0.05) is 11.3 Å². The zero-order valence-corrected chi connectivity index (χ0v) is 18.2. The van der Waals surface area contributed by atoms with E-state index in [-0.39, 0.29) is 0 Å². The van der Waals surface area contributed by atoms with Gasteiger partial charge in [-0.3, -0.25) is 0 Å². The van der Waals surface area contributed by atoms with Crippen LogP contribution in [0.5, 0.6) is 11.5 Å². The molecule has 0 spiro atoms. The largest absolute Gasteiger partial charge is 0.493 e. The van der Waals surface area contributed by atoms with Crippen LogP contribution in [0.1, 0.15) is 16.7 Å². The molecule has 0 bridgehead atoms. The predicted octanol–water partition coefficient (Wildman–Crippen LogP) is 5.37. The van der Waals surface area contributed by atoms with Crippen LogP contribution in [0.4, 0.5) is 0 Å². The SMILES string of the molecule is COc1cccc(C=NN=C(N)SCc2ccccc2)c1OCC=Cc1ccccc1. The minimum absolute atomic E-state index is 0.397. The van der Waals surface area contributed by atoms with Crippen LogP contribution in [0, 0.1) is 0 Å². The van der Waals surface area contributed by atoms with Crippen LogP contribution >= 0.6 is 11.8 Å². The number of hydrogen-bond donors (Lipinski definition) is 1. The van der Waals surface area contributed by atoms with Crippen molar-refractivity contribution >= 4 is 29.2 Å². The van der Waals surface area contributed by atoms with Crippen LogP contribution in [0.2, 0.25) is 0 Å². The number of nitrogens with zero attached hydrogens (tertiary/aromatic N) is 2. The number of nitrogens with two attached hydrogens (primary N) is 1. The molecule has 0 radical (unpaired) electrons. The Balaban J connectivity index is 1.62. The van der Waals surface area contributed by atoms with Crippen molar-refractivity contribution in [2.24, 2.45) is 15.9 Å². The molecule has 0 heterocycles. The molecule has 0 fully saturated rings. The molecule has 0 aliphatic rings. The second kappa shape index (κ2) is 12.2. The quantitative estimate of drug-likeness (QED) is 0.281. The lowest BCUT2D eigenvalue weighted by atomic mass is 10.2. The maximum atomic E-state index is 5.97. The maximum Gasteiger partial charge on any atom is 0.180 e. The Hall–Kier alpha value is -3.51. The molecular weight excluding hydrogens is 406 g/mol. The van der Waals surface area contributed by atoms with Crippen molar-refractivity contribution in [1.82, 2.24) is 0 Å². The first-order chi connectivity index (χ1) is 15.3. The summed E-state index contributed by atoms with van der Waals surface area (Å²) < 4.78 is 11.4. The van der Waals surface area contributed by atoms with Crippen molar-refractivity contribution in [3.05, 3.63) is 102 Å². The van der Waals surface area contributed by atoms with Gasteiger partial charge in [-0.05, 0) is 29.3 Å². The van der Waals surface area contributed by atoms with E-state index in [1.165, 1.54) is 17.3 Å². The average molecular weight is 432 g/mol. The van der Waals surface area contributed by atoms with Gasteiger partial charge in [-0.2, -0.15) is 5.10 Å². The highest BCUT2D eigenvalue weighted by Crippen LogP contribution is 2.30. The first kappa shape index (κ1) is 22.2. The number of ether oxygens (including phenoxy) is 2. The lowest BCUT2D eigenvalue weighted by molar-refractivity contribution is 0.326. The third-order valence-corrected chi connectivity index (χ3v) is 5.10. The average Bonchev–Trinajstić information content (AvgIpc) is 2.82. The van der Waals surface area contributed by atoms with Gasteiger partial charge >= 0.3 is 0 Å². The number of benzene rings is 3. The second-order valence-corrected chi connectivity index (χ2v) is 7.46. The van der Waals surface area contributed by atoms with Gasteiger partial charge in [0.05, 0.1) is 13.3 Å². The third kappa shape index (κ3) is 7.35. The lowest BCUT2D eigenvalue weighted by Gasteiger charge is -2.11. The highest BCUT2D eigenvalue weighted by molar-refractivity contribution is 8.13. The van der Waals surface area contributed by atoms with Crippen LogP contribution in [0.3, 0.4) is 0 Å². The van der Waals surface area contributed by atoms with E-state index in [0.717, 1.165) is 16.9 Å². The van der Waals surface area contributed by atoms with Crippen molar-refractivity contribution in [3.63, 3.8) is 0 Å². The van der Waals surface area contributed by atoms with Crippen LogP contribution in [0.15, 0.2) is 95.1 Å². The molecule has 0 saturated heterocycles. The Morgan fingerprint density at radius 3 is 2.45 bits per heavy atom. The smallest absolute Gasteiger partial charge is 0.180 e. The summed E-state index contributed by atoms with van der Waals surface area (Å²) in [5.74, 6) is 1.98. The Labute approximate surface area is 187 Å². The minimum Gasteiger partial charge on any atom is -0.493 e. The fourth-order valence-electron chi connectivity index (χ4n) is 2.74. The van der Waals surface area contributed by atoms with Crippen LogP contribution < -0.4 is 15.2 Å². The van der Waals surface area contributed by atoms with Crippen LogP contribution in [-0.2, 0) is 5.75 Å². The van der Waals surface area contributed by atoms with Gasteiger partial charge in [0.1, 0.15) is 6.61 Å². The summed E-state index contributed by atoms with van der Waals surface area (Å²) in [5.41, 5.74) is 9.03. The molecule has 6 heteroatoms.